The first-order chi connectivity index (χ1) is 13.0. The second-order valence-corrected chi connectivity index (χ2v) is 6.28. The Balaban J connectivity index is 1.74. The van der Waals surface area contributed by atoms with Gasteiger partial charge in [-0.1, -0.05) is 43.0 Å². The van der Waals surface area contributed by atoms with E-state index in [9.17, 15) is 14.7 Å². The van der Waals surface area contributed by atoms with Gasteiger partial charge in [0.2, 0.25) is 0 Å². The summed E-state index contributed by atoms with van der Waals surface area (Å²) in [7, 11) is 0. The van der Waals surface area contributed by atoms with Crippen molar-refractivity contribution in [2.45, 2.75) is 0 Å². The molecule has 0 atom stereocenters. The number of carboxylic acid groups (broad SMARTS) is 1. The fraction of sp³-hybridized carbons (Fsp3) is 0. The van der Waals surface area contributed by atoms with E-state index >= 15 is 0 Å². The van der Waals surface area contributed by atoms with Crippen LogP contribution in [0.4, 0.5) is 5.69 Å². The highest BCUT2D eigenvalue weighted by Gasteiger charge is 2.26. The molecule has 4 rings (SSSR count). The molecule has 0 saturated heterocycles. The van der Waals surface area contributed by atoms with Crippen molar-refractivity contribution in [3.63, 3.8) is 0 Å². The van der Waals surface area contributed by atoms with Crippen LogP contribution >= 0.6 is 0 Å². The summed E-state index contributed by atoms with van der Waals surface area (Å²) in [6.45, 7) is 4.14. The maximum absolute atomic E-state index is 12.9. The molecule has 5 heteroatoms. The molecular formula is C22H15NO4. The number of aromatic carboxylic acids is 1. The maximum Gasteiger partial charge on any atom is 0.335 e. The van der Waals surface area contributed by atoms with E-state index in [2.05, 4.69) is 11.9 Å². The smallest absolute Gasteiger partial charge is 0.335 e. The zero-order valence-electron chi connectivity index (χ0n) is 14.2. The highest BCUT2D eigenvalue weighted by molar-refractivity contribution is 6.13. The summed E-state index contributed by atoms with van der Waals surface area (Å²) < 4.78 is 0. The van der Waals surface area contributed by atoms with E-state index in [1.54, 1.807) is 12.1 Å². The third-order valence-electron chi connectivity index (χ3n) is 4.58. The fourth-order valence-electron chi connectivity index (χ4n) is 3.41. The second kappa shape index (κ2) is 6.14. The third-order valence-corrected chi connectivity index (χ3v) is 4.58. The van der Waals surface area contributed by atoms with Crippen LogP contribution in [0.2, 0.25) is 0 Å². The van der Waals surface area contributed by atoms with Crippen molar-refractivity contribution in [1.82, 2.24) is 0 Å². The number of fused-ring (bicyclic) bond motifs is 3. The Bertz CT molecular complexity index is 1130. The van der Waals surface area contributed by atoms with Gasteiger partial charge in [-0.25, -0.2) is 4.79 Å². The third kappa shape index (κ3) is 2.75. The summed E-state index contributed by atoms with van der Waals surface area (Å²) in [5, 5.41) is 21.5. The zero-order valence-corrected chi connectivity index (χ0v) is 14.2. The lowest BCUT2D eigenvalue weighted by Crippen LogP contribution is -2.14. The van der Waals surface area contributed by atoms with Crippen molar-refractivity contribution >= 4 is 23.1 Å². The average molecular weight is 357 g/mol. The molecule has 0 heterocycles. The van der Waals surface area contributed by atoms with Crippen LogP contribution in [0.25, 0.3) is 16.7 Å². The Hall–Kier alpha value is -3.86. The van der Waals surface area contributed by atoms with Crippen molar-refractivity contribution in [3.05, 3.63) is 89.5 Å². The second-order valence-electron chi connectivity index (χ2n) is 6.28. The molecule has 3 aromatic rings. The number of phenolic OH excluding ortho intramolecular Hbond substituents is 1. The van der Waals surface area contributed by atoms with Gasteiger partial charge in [0.05, 0.1) is 5.56 Å². The first kappa shape index (κ1) is 16.6. The Labute approximate surface area is 155 Å². The number of aromatic hydroxyl groups is 1. The van der Waals surface area contributed by atoms with Gasteiger partial charge in [0, 0.05) is 22.9 Å². The highest BCUT2D eigenvalue weighted by atomic mass is 16.4. The normalized spacial score (nSPS) is 11.6. The van der Waals surface area contributed by atoms with Crippen LogP contribution in [0, 0.1) is 0 Å². The molecule has 1 aliphatic rings. The largest absolute Gasteiger partial charge is 0.508 e. The topological polar surface area (TPSA) is 86.6 Å². The monoisotopic (exact) mass is 357 g/mol. The average Bonchev–Trinajstić information content (AvgIpc) is 2.94. The minimum absolute atomic E-state index is 0.111. The number of carboxylic acids is 1. The molecule has 132 valence electrons. The number of anilines is 1. The Morgan fingerprint density at radius 3 is 2.33 bits per heavy atom. The van der Waals surface area contributed by atoms with Gasteiger partial charge < -0.3 is 15.5 Å². The molecular weight excluding hydrogens is 342 g/mol. The fourth-order valence-corrected chi connectivity index (χ4v) is 3.41. The van der Waals surface area contributed by atoms with Crippen molar-refractivity contribution in [2.75, 3.05) is 5.32 Å². The molecule has 0 saturated carbocycles. The lowest BCUT2D eigenvalue weighted by molar-refractivity contribution is 0.0696. The van der Waals surface area contributed by atoms with E-state index in [0.29, 0.717) is 5.56 Å². The summed E-state index contributed by atoms with van der Waals surface area (Å²) in [5.41, 5.74) is 5.01. The number of phenols is 1. The van der Waals surface area contributed by atoms with Crippen molar-refractivity contribution < 1.29 is 19.8 Å². The van der Waals surface area contributed by atoms with E-state index < -0.39 is 11.9 Å². The number of rotatable bonds is 3. The minimum atomic E-state index is -1.19. The molecule has 0 fully saturated rings. The highest BCUT2D eigenvalue weighted by Crippen LogP contribution is 2.44. The lowest BCUT2D eigenvalue weighted by atomic mass is 9.98. The van der Waals surface area contributed by atoms with Crippen LogP contribution in [-0.2, 0) is 0 Å². The van der Waals surface area contributed by atoms with E-state index in [4.69, 9.17) is 5.11 Å². The molecule has 5 nitrogen and oxygen atoms in total. The summed E-state index contributed by atoms with van der Waals surface area (Å²) >= 11 is 0. The molecule has 0 unspecified atom stereocenters. The molecule has 0 bridgehead atoms. The van der Waals surface area contributed by atoms with Gasteiger partial charge in [-0.3, -0.25) is 4.79 Å². The summed E-state index contributed by atoms with van der Waals surface area (Å²) in [4.78, 5) is 24.0. The summed E-state index contributed by atoms with van der Waals surface area (Å²) in [6.07, 6.45) is 0. The van der Waals surface area contributed by atoms with Crippen molar-refractivity contribution in [1.29, 1.82) is 0 Å². The molecule has 1 aliphatic carbocycles. The summed E-state index contributed by atoms with van der Waals surface area (Å²) in [6, 6.07) is 17.0. The maximum atomic E-state index is 12.9. The van der Waals surface area contributed by atoms with Crippen LogP contribution in [0.1, 0.15) is 31.8 Å². The van der Waals surface area contributed by atoms with Gasteiger partial charge in [-0.15, -0.1) is 0 Å². The van der Waals surface area contributed by atoms with E-state index in [0.717, 1.165) is 33.9 Å². The number of benzene rings is 3. The Morgan fingerprint density at radius 1 is 0.889 bits per heavy atom. The molecule has 3 N–H and O–H groups in total. The SMILES string of the molecule is C=C1c2ccccc2-c2cccc(C(=O)Nc3cc(O)cc(C(=O)O)c3)c21. The number of carbonyl (C=O) groups excluding carboxylic acids is 1. The van der Waals surface area contributed by atoms with Gasteiger partial charge in [-0.2, -0.15) is 0 Å². The number of nitrogens with one attached hydrogen (secondary N) is 1. The van der Waals surface area contributed by atoms with Gasteiger partial charge in [0.25, 0.3) is 5.91 Å². The first-order valence-electron chi connectivity index (χ1n) is 8.26. The number of amides is 1. The van der Waals surface area contributed by atoms with Crippen molar-refractivity contribution in [3.8, 4) is 16.9 Å². The number of carbonyl (C=O) groups is 2. The van der Waals surface area contributed by atoms with Crippen LogP contribution in [0.3, 0.4) is 0 Å². The summed E-state index contributed by atoms with van der Waals surface area (Å²) in [5.74, 6) is -1.83. The van der Waals surface area contributed by atoms with Crippen molar-refractivity contribution in [2.24, 2.45) is 0 Å². The predicted molar refractivity (Wildman–Crippen MR) is 103 cm³/mol. The molecule has 0 radical (unpaired) electrons. The van der Waals surface area contributed by atoms with E-state index in [1.165, 1.54) is 12.1 Å². The van der Waals surface area contributed by atoms with Gasteiger partial charge in [-0.05, 0) is 40.5 Å². The first-order valence-corrected chi connectivity index (χ1v) is 8.26. The zero-order chi connectivity index (χ0) is 19.1. The Kier molecular flexibility index (Phi) is 3.78. The number of hydrogen-bond acceptors (Lipinski definition) is 3. The predicted octanol–water partition coefficient (Wildman–Crippen LogP) is 4.38. The van der Waals surface area contributed by atoms with E-state index in [1.807, 2.05) is 30.3 Å². The van der Waals surface area contributed by atoms with Crippen LogP contribution in [0.15, 0.2) is 67.2 Å². The Morgan fingerprint density at radius 2 is 1.59 bits per heavy atom. The molecule has 0 spiro atoms. The molecule has 0 aromatic heterocycles. The molecule has 1 amide bonds. The van der Waals surface area contributed by atoms with Gasteiger partial charge >= 0.3 is 5.97 Å². The van der Waals surface area contributed by atoms with E-state index in [-0.39, 0.29) is 17.0 Å². The van der Waals surface area contributed by atoms with Gasteiger partial charge in [0.1, 0.15) is 5.75 Å². The number of hydrogen-bond donors (Lipinski definition) is 3. The minimum Gasteiger partial charge on any atom is -0.508 e. The van der Waals surface area contributed by atoms with Gasteiger partial charge in [0.15, 0.2) is 0 Å². The van der Waals surface area contributed by atoms with Crippen LogP contribution < -0.4 is 5.32 Å². The van der Waals surface area contributed by atoms with Crippen LogP contribution in [-0.4, -0.2) is 22.1 Å². The lowest BCUT2D eigenvalue weighted by Gasteiger charge is -2.11. The molecule has 0 aliphatic heterocycles. The van der Waals surface area contributed by atoms with Crippen LogP contribution in [0.5, 0.6) is 5.75 Å². The standard InChI is InChI=1S/C22H15NO4/c1-12-16-5-2-3-6-17(16)18-7-4-8-19(20(12)18)21(25)23-14-9-13(22(26)27)10-15(24)11-14/h2-11,24H,1H2,(H,23,25)(H,26,27). The molecule has 27 heavy (non-hydrogen) atoms. The molecule has 3 aromatic carbocycles. The quantitative estimate of drug-likeness (QED) is 0.508.